The topological polar surface area (TPSA) is 73.8 Å². The summed E-state index contributed by atoms with van der Waals surface area (Å²) < 4.78 is 2.18. The second-order valence-electron chi connectivity index (χ2n) is 8.31. The van der Waals surface area contributed by atoms with Crippen molar-refractivity contribution >= 4 is 50.6 Å². The van der Waals surface area contributed by atoms with Crippen molar-refractivity contribution in [1.82, 2.24) is 9.58 Å². The Bertz CT molecular complexity index is 1390. The monoisotopic (exact) mass is 455 g/mol. The van der Waals surface area contributed by atoms with Gasteiger partial charge in [-0.05, 0) is 79.1 Å². The van der Waals surface area contributed by atoms with Gasteiger partial charge >= 0.3 is 0 Å². The predicted molar refractivity (Wildman–Crippen MR) is 137 cm³/mol. The average molecular weight is 456 g/mol. The molecular formula is C26H25N5OS. The molecule has 0 bridgehead atoms. The number of amides is 1. The number of amidine groups is 2. The first-order valence-electron chi connectivity index (χ1n) is 11.1. The normalized spacial score (nSPS) is 17.1. The first kappa shape index (κ1) is 21.4. The quantitative estimate of drug-likeness (QED) is 0.476. The fraction of sp³-hybridized carbons (Fsp3) is 0.231. The Labute approximate surface area is 197 Å². The second kappa shape index (κ2) is 8.48. The van der Waals surface area contributed by atoms with E-state index in [1.165, 1.54) is 27.5 Å². The summed E-state index contributed by atoms with van der Waals surface area (Å²) in [5.74, 6) is -0.305. The lowest BCUT2D eigenvalue weighted by atomic mass is 10.1. The summed E-state index contributed by atoms with van der Waals surface area (Å²) in [5, 5.41) is 18.4. The Balaban J connectivity index is 1.50. The highest BCUT2D eigenvalue weighted by Crippen LogP contribution is 2.31. The molecule has 7 heteroatoms. The molecule has 0 radical (unpaired) electrons. The van der Waals surface area contributed by atoms with Gasteiger partial charge in [0.2, 0.25) is 5.17 Å². The van der Waals surface area contributed by atoms with Crippen molar-refractivity contribution in [3.63, 3.8) is 0 Å². The van der Waals surface area contributed by atoms with Gasteiger partial charge in [-0.15, -0.1) is 0 Å². The Hall–Kier alpha value is -3.45. The number of aryl methyl sites for hydroxylation is 1. The number of carbonyl (C=O) groups is 1. The lowest BCUT2D eigenvalue weighted by Gasteiger charge is -2.20. The molecule has 0 saturated heterocycles. The third kappa shape index (κ3) is 3.82. The first-order chi connectivity index (χ1) is 16.0. The van der Waals surface area contributed by atoms with E-state index in [2.05, 4.69) is 58.8 Å². The molecule has 6 nitrogen and oxygen atoms in total. The van der Waals surface area contributed by atoms with Crippen LogP contribution in [0.15, 0.2) is 64.2 Å². The summed E-state index contributed by atoms with van der Waals surface area (Å²) in [6, 6.07) is 16.7. The molecule has 0 fully saturated rings. The molecule has 3 aromatic rings. The van der Waals surface area contributed by atoms with Crippen LogP contribution in [0.2, 0.25) is 0 Å². The molecular weight excluding hydrogens is 430 g/mol. The molecule has 33 heavy (non-hydrogen) atoms. The fourth-order valence-electron chi connectivity index (χ4n) is 4.26. The van der Waals surface area contributed by atoms with E-state index in [-0.39, 0.29) is 17.3 Å². The number of hydrazone groups is 1. The number of carbonyl (C=O) groups excluding carboxylic acids is 1. The lowest BCUT2D eigenvalue weighted by molar-refractivity contribution is -0.114. The molecule has 0 atom stereocenters. The number of unbranched alkanes of at least 4 members (excludes halogenated alkanes) is 1. The number of hydrogen-bond donors (Lipinski definition) is 1. The van der Waals surface area contributed by atoms with Crippen molar-refractivity contribution in [3.05, 3.63) is 71.1 Å². The second-order valence-corrected chi connectivity index (χ2v) is 9.35. The highest BCUT2D eigenvalue weighted by molar-refractivity contribution is 8.26. The van der Waals surface area contributed by atoms with E-state index in [1.807, 2.05) is 25.1 Å². The number of fused-ring (bicyclic) bond motifs is 2. The third-order valence-corrected chi connectivity index (χ3v) is 6.97. The van der Waals surface area contributed by atoms with Crippen LogP contribution in [0.1, 0.15) is 43.1 Å². The van der Waals surface area contributed by atoms with Gasteiger partial charge in [0.05, 0.1) is 5.57 Å². The van der Waals surface area contributed by atoms with Gasteiger partial charge in [0, 0.05) is 17.1 Å². The zero-order chi connectivity index (χ0) is 23.1. The van der Waals surface area contributed by atoms with Gasteiger partial charge in [0.25, 0.3) is 5.91 Å². The molecule has 1 N–H and O–H groups in total. The molecule has 2 aromatic carbocycles. The van der Waals surface area contributed by atoms with E-state index in [1.54, 1.807) is 6.08 Å². The van der Waals surface area contributed by atoms with Gasteiger partial charge in [0.15, 0.2) is 5.84 Å². The Morgan fingerprint density at radius 1 is 1.09 bits per heavy atom. The number of aromatic nitrogens is 1. The summed E-state index contributed by atoms with van der Waals surface area (Å²) >= 11 is 1.39. The van der Waals surface area contributed by atoms with Crippen LogP contribution in [-0.2, 0) is 4.79 Å². The molecule has 0 saturated carbocycles. The Morgan fingerprint density at radius 2 is 1.88 bits per heavy atom. The van der Waals surface area contributed by atoms with Crippen molar-refractivity contribution in [2.45, 2.75) is 40.0 Å². The molecule has 0 unspecified atom stereocenters. The molecule has 0 spiro atoms. The standard InChI is InChI=1S/C26H25N5OS/c1-4-5-10-23-29-31-24(27)22(25(32)28-26(31)33-23)15-20-13-16(2)30(17(20)3)21-12-11-18-8-6-7-9-19(18)14-21/h6-9,11-15,27H,4-5,10H2,1-3H3/b22-15-,27-24?. The van der Waals surface area contributed by atoms with Crippen LogP contribution in [-0.4, -0.2) is 31.5 Å². The van der Waals surface area contributed by atoms with Crippen molar-refractivity contribution in [2.75, 3.05) is 0 Å². The maximum Gasteiger partial charge on any atom is 0.283 e. The van der Waals surface area contributed by atoms with E-state index in [0.717, 1.165) is 46.9 Å². The average Bonchev–Trinajstić information content (AvgIpc) is 3.34. The number of benzene rings is 2. The smallest absolute Gasteiger partial charge is 0.283 e. The van der Waals surface area contributed by atoms with E-state index in [0.29, 0.717) is 5.17 Å². The molecule has 2 aliphatic heterocycles. The van der Waals surface area contributed by atoms with Crippen LogP contribution in [0.4, 0.5) is 0 Å². The van der Waals surface area contributed by atoms with Crippen LogP contribution in [0, 0.1) is 19.3 Å². The number of rotatable bonds is 5. The lowest BCUT2D eigenvalue weighted by Crippen LogP contribution is -2.35. The summed E-state index contributed by atoms with van der Waals surface area (Å²) in [7, 11) is 0. The van der Waals surface area contributed by atoms with Crippen molar-refractivity contribution < 1.29 is 4.79 Å². The number of aliphatic imine (C=N–C) groups is 1. The van der Waals surface area contributed by atoms with E-state index in [4.69, 9.17) is 5.41 Å². The Morgan fingerprint density at radius 3 is 2.67 bits per heavy atom. The number of hydrogen-bond acceptors (Lipinski definition) is 4. The van der Waals surface area contributed by atoms with Gasteiger partial charge in [0.1, 0.15) is 5.04 Å². The van der Waals surface area contributed by atoms with Gasteiger partial charge in [-0.25, -0.2) is 0 Å². The van der Waals surface area contributed by atoms with Gasteiger partial charge < -0.3 is 4.57 Å². The summed E-state index contributed by atoms with van der Waals surface area (Å²) in [4.78, 5) is 17.0. The summed E-state index contributed by atoms with van der Waals surface area (Å²) in [5.41, 5.74) is 4.30. The van der Waals surface area contributed by atoms with Crippen LogP contribution >= 0.6 is 11.8 Å². The maximum atomic E-state index is 12.8. The maximum absolute atomic E-state index is 12.8. The van der Waals surface area contributed by atoms with Gasteiger partial charge in [-0.1, -0.05) is 43.7 Å². The molecule has 3 heterocycles. The molecule has 1 amide bonds. The van der Waals surface area contributed by atoms with Crippen LogP contribution < -0.4 is 0 Å². The molecule has 0 aliphatic carbocycles. The zero-order valence-electron chi connectivity index (χ0n) is 18.9. The molecule has 166 valence electrons. The SMILES string of the molecule is CCCCC1=NN2C(=N)/C(=C/c3cc(C)n(-c4ccc5ccccc5c4)c3C)C(=O)N=C2S1. The minimum absolute atomic E-state index is 0.0829. The fourth-order valence-corrected chi connectivity index (χ4v) is 5.19. The van der Waals surface area contributed by atoms with E-state index < -0.39 is 0 Å². The Kier molecular flexibility index (Phi) is 5.50. The highest BCUT2D eigenvalue weighted by Gasteiger charge is 2.35. The van der Waals surface area contributed by atoms with Crippen LogP contribution in [0.5, 0.6) is 0 Å². The van der Waals surface area contributed by atoms with Crippen LogP contribution in [0.3, 0.4) is 0 Å². The highest BCUT2D eigenvalue weighted by atomic mass is 32.2. The van der Waals surface area contributed by atoms with Gasteiger partial charge in [-0.2, -0.15) is 15.1 Å². The third-order valence-electron chi connectivity index (χ3n) is 6.00. The minimum atomic E-state index is -0.388. The number of nitrogens with one attached hydrogen (secondary N) is 1. The summed E-state index contributed by atoms with van der Waals surface area (Å²) in [6.07, 6.45) is 4.71. The molecule has 1 aromatic heterocycles. The molecule has 2 aliphatic rings. The van der Waals surface area contributed by atoms with E-state index in [9.17, 15) is 4.79 Å². The molecule has 5 rings (SSSR count). The largest absolute Gasteiger partial charge is 0.318 e. The van der Waals surface area contributed by atoms with Crippen molar-refractivity contribution in [3.8, 4) is 5.69 Å². The zero-order valence-corrected chi connectivity index (χ0v) is 19.7. The van der Waals surface area contributed by atoms with E-state index >= 15 is 0 Å². The van der Waals surface area contributed by atoms with Crippen molar-refractivity contribution in [1.29, 1.82) is 5.41 Å². The minimum Gasteiger partial charge on any atom is -0.318 e. The van der Waals surface area contributed by atoms with Gasteiger partial charge in [-0.3, -0.25) is 10.2 Å². The first-order valence-corrected chi connectivity index (χ1v) is 11.9. The van der Waals surface area contributed by atoms with Crippen LogP contribution in [0.25, 0.3) is 22.5 Å². The number of thioether (sulfide) groups is 1. The number of nitrogens with zero attached hydrogens (tertiary/aromatic N) is 4. The van der Waals surface area contributed by atoms with Crippen molar-refractivity contribution in [2.24, 2.45) is 10.1 Å². The summed E-state index contributed by atoms with van der Waals surface area (Å²) in [6.45, 7) is 6.22. The predicted octanol–water partition coefficient (Wildman–Crippen LogP) is 6.06.